The molecular formula is C19H19FN4O. The van der Waals surface area contributed by atoms with Gasteiger partial charge in [-0.05, 0) is 37.1 Å². The van der Waals surface area contributed by atoms with Gasteiger partial charge in [0.2, 0.25) is 11.8 Å². The van der Waals surface area contributed by atoms with Crippen molar-refractivity contribution in [1.82, 2.24) is 15.0 Å². The van der Waals surface area contributed by atoms with Crippen LogP contribution in [0.3, 0.4) is 0 Å². The largest absolute Gasteiger partial charge is 0.474 e. The molecule has 0 aliphatic carbocycles. The monoisotopic (exact) mass is 338 g/mol. The first-order valence-corrected chi connectivity index (χ1v) is 8.08. The molecule has 0 aliphatic heterocycles. The van der Waals surface area contributed by atoms with Gasteiger partial charge in [0.15, 0.2) is 0 Å². The van der Waals surface area contributed by atoms with Gasteiger partial charge >= 0.3 is 0 Å². The summed E-state index contributed by atoms with van der Waals surface area (Å²) in [6.07, 6.45) is 5.56. The van der Waals surface area contributed by atoms with E-state index in [2.05, 4.69) is 15.0 Å². The van der Waals surface area contributed by atoms with Crippen LogP contribution in [0.4, 0.5) is 10.3 Å². The number of nitrogen functional groups attached to an aromatic ring is 1. The van der Waals surface area contributed by atoms with Crippen molar-refractivity contribution in [3.63, 3.8) is 0 Å². The van der Waals surface area contributed by atoms with Crippen molar-refractivity contribution in [2.24, 2.45) is 0 Å². The van der Waals surface area contributed by atoms with Crippen LogP contribution in [0.15, 0.2) is 48.9 Å². The van der Waals surface area contributed by atoms with E-state index in [1.165, 1.54) is 18.5 Å². The van der Waals surface area contributed by atoms with Crippen molar-refractivity contribution in [3.05, 3.63) is 54.7 Å². The highest BCUT2D eigenvalue weighted by atomic mass is 19.1. The van der Waals surface area contributed by atoms with E-state index >= 15 is 0 Å². The fourth-order valence-electron chi connectivity index (χ4n) is 2.37. The van der Waals surface area contributed by atoms with Crippen molar-refractivity contribution in [3.8, 4) is 28.1 Å². The summed E-state index contributed by atoms with van der Waals surface area (Å²) in [7, 11) is 0. The number of pyridine rings is 1. The number of halogens is 1. The lowest BCUT2D eigenvalue weighted by molar-refractivity contribution is 0.210. The summed E-state index contributed by atoms with van der Waals surface area (Å²) in [6.45, 7) is 4.01. The number of benzene rings is 1. The molecule has 0 amide bonds. The molecule has 0 fully saturated rings. The fourth-order valence-corrected chi connectivity index (χ4v) is 2.37. The summed E-state index contributed by atoms with van der Waals surface area (Å²) in [5, 5.41) is 0. The average Bonchev–Trinajstić information content (AvgIpc) is 2.63. The van der Waals surface area contributed by atoms with Gasteiger partial charge in [0.1, 0.15) is 5.82 Å². The molecule has 0 aliphatic rings. The second-order valence-corrected chi connectivity index (χ2v) is 5.72. The quantitative estimate of drug-likeness (QED) is 0.758. The topological polar surface area (TPSA) is 73.9 Å². The average molecular weight is 338 g/mol. The molecule has 3 aromatic rings. The molecule has 3 rings (SSSR count). The minimum atomic E-state index is -0.371. The van der Waals surface area contributed by atoms with Crippen LogP contribution in [0.25, 0.3) is 22.3 Å². The van der Waals surface area contributed by atoms with Gasteiger partial charge < -0.3 is 10.5 Å². The molecule has 25 heavy (non-hydrogen) atoms. The maximum atomic E-state index is 14.6. The van der Waals surface area contributed by atoms with E-state index in [4.69, 9.17) is 10.5 Å². The zero-order valence-electron chi connectivity index (χ0n) is 14.1. The SMILES string of the molecule is CCC(C)Oc1ncccc1-c1ccc(-c2cnc(N)nc2)c(F)c1. The second kappa shape index (κ2) is 7.25. The number of ether oxygens (including phenoxy) is 1. The molecule has 2 aromatic heterocycles. The van der Waals surface area contributed by atoms with Crippen LogP contribution in [0.5, 0.6) is 5.88 Å². The Balaban J connectivity index is 1.97. The van der Waals surface area contributed by atoms with Gasteiger partial charge in [0.25, 0.3) is 0 Å². The van der Waals surface area contributed by atoms with Gasteiger partial charge in [-0.25, -0.2) is 19.3 Å². The van der Waals surface area contributed by atoms with Crippen LogP contribution in [-0.4, -0.2) is 21.1 Å². The van der Waals surface area contributed by atoms with Gasteiger partial charge in [-0.2, -0.15) is 0 Å². The van der Waals surface area contributed by atoms with E-state index in [9.17, 15) is 4.39 Å². The molecule has 1 atom stereocenters. The Morgan fingerprint density at radius 1 is 1.08 bits per heavy atom. The Morgan fingerprint density at radius 2 is 1.84 bits per heavy atom. The predicted octanol–water partition coefficient (Wildman–Crippen LogP) is 4.10. The summed E-state index contributed by atoms with van der Waals surface area (Å²) < 4.78 is 20.5. The minimum Gasteiger partial charge on any atom is -0.474 e. The third kappa shape index (κ3) is 3.74. The number of rotatable bonds is 5. The number of nitrogens with two attached hydrogens (primary N) is 1. The van der Waals surface area contributed by atoms with Crippen molar-refractivity contribution >= 4 is 5.95 Å². The van der Waals surface area contributed by atoms with E-state index in [-0.39, 0.29) is 17.9 Å². The molecule has 0 bridgehead atoms. The fraction of sp³-hybridized carbons (Fsp3) is 0.211. The van der Waals surface area contributed by atoms with Gasteiger partial charge in [-0.1, -0.05) is 19.1 Å². The Hall–Kier alpha value is -3.02. The van der Waals surface area contributed by atoms with Crippen molar-refractivity contribution in [1.29, 1.82) is 0 Å². The number of nitrogens with zero attached hydrogens (tertiary/aromatic N) is 3. The summed E-state index contributed by atoms with van der Waals surface area (Å²) >= 11 is 0. The maximum Gasteiger partial charge on any atom is 0.221 e. The maximum absolute atomic E-state index is 14.6. The Bertz CT molecular complexity index is 868. The highest BCUT2D eigenvalue weighted by Crippen LogP contribution is 2.32. The van der Waals surface area contributed by atoms with Crippen LogP contribution in [-0.2, 0) is 0 Å². The van der Waals surface area contributed by atoms with Crippen molar-refractivity contribution in [2.45, 2.75) is 26.4 Å². The van der Waals surface area contributed by atoms with E-state index < -0.39 is 0 Å². The van der Waals surface area contributed by atoms with Gasteiger partial charge in [0, 0.05) is 35.3 Å². The standard InChI is InChI=1S/C19H19FN4O/c1-3-12(2)25-18-16(5-4-8-22-18)13-6-7-15(17(20)9-13)14-10-23-19(21)24-11-14/h4-12H,3H2,1-2H3,(H2,21,23,24). The normalized spacial score (nSPS) is 12.0. The van der Waals surface area contributed by atoms with Crippen LogP contribution < -0.4 is 10.5 Å². The summed E-state index contributed by atoms with van der Waals surface area (Å²) in [4.78, 5) is 12.1. The third-order valence-electron chi connectivity index (χ3n) is 3.92. The Morgan fingerprint density at radius 3 is 2.52 bits per heavy atom. The second-order valence-electron chi connectivity index (χ2n) is 5.72. The minimum absolute atomic E-state index is 0.0321. The lowest BCUT2D eigenvalue weighted by Crippen LogP contribution is -2.11. The highest BCUT2D eigenvalue weighted by Gasteiger charge is 2.13. The Labute approximate surface area is 145 Å². The van der Waals surface area contributed by atoms with E-state index in [1.54, 1.807) is 18.3 Å². The molecule has 0 saturated carbocycles. The highest BCUT2D eigenvalue weighted by molar-refractivity contribution is 5.73. The molecule has 2 N–H and O–H groups in total. The molecule has 0 radical (unpaired) electrons. The first kappa shape index (κ1) is 16.8. The van der Waals surface area contributed by atoms with Crippen LogP contribution in [0.1, 0.15) is 20.3 Å². The zero-order valence-corrected chi connectivity index (χ0v) is 14.1. The van der Waals surface area contributed by atoms with E-state index in [0.29, 0.717) is 22.6 Å². The first-order valence-electron chi connectivity index (χ1n) is 8.08. The lowest BCUT2D eigenvalue weighted by Gasteiger charge is -2.15. The third-order valence-corrected chi connectivity index (χ3v) is 3.92. The Kier molecular flexibility index (Phi) is 4.88. The molecule has 128 valence electrons. The van der Waals surface area contributed by atoms with Crippen LogP contribution >= 0.6 is 0 Å². The van der Waals surface area contributed by atoms with Crippen molar-refractivity contribution < 1.29 is 9.13 Å². The lowest BCUT2D eigenvalue weighted by atomic mass is 10.0. The molecule has 0 spiro atoms. The molecule has 5 nitrogen and oxygen atoms in total. The first-order chi connectivity index (χ1) is 12.1. The zero-order chi connectivity index (χ0) is 17.8. The van der Waals surface area contributed by atoms with Gasteiger partial charge in [-0.15, -0.1) is 0 Å². The molecule has 6 heteroatoms. The summed E-state index contributed by atoms with van der Waals surface area (Å²) in [5.41, 5.74) is 7.91. The number of hydrogen-bond donors (Lipinski definition) is 1. The smallest absolute Gasteiger partial charge is 0.221 e. The van der Waals surface area contributed by atoms with E-state index in [0.717, 1.165) is 12.0 Å². The number of anilines is 1. The molecule has 1 aromatic carbocycles. The molecule has 0 saturated heterocycles. The molecule has 2 heterocycles. The number of aromatic nitrogens is 3. The van der Waals surface area contributed by atoms with Crippen LogP contribution in [0.2, 0.25) is 0 Å². The van der Waals surface area contributed by atoms with Crippen LogP contribution in [0, 0.1) is 5.82 Å². The summed E-state index contributed by atoms with van der Waals surface area (Å²) in [5.74, 6) is 0.284. The molecule has 1 unspecified atom stereocenters. The molecular weight excluding hydrogens is 319 g/mol. The predicted molar refractivity (Wildman–Crippen MR) is 95.5 cm³/mol. The van der Waals surface area contributed by atoms with Gasteiger partial charge in [-0.3, -0.25) is 0 Å². The number of hydrogen-bond acceptors (Lipinski definition) is 5. The summed E-state index contributed by atoms with van der Waals surface area (Å²) in [6, 6.07) is 8.66. The van der Waals surface area contributed by atoms with E-state index in [1.807, 2.05) is 26.0 Å². The van der Waals surface area contributed by atoms with Crippen molar-refractivity contribution in [2.75, 3.05) is 5.73 Å². The van der Waals surface area contributed by atoms with Gasteiger partial charge in [0.05, 0.1) is 6.10 Å².